The smallest absolute Gasteiger partial charge is 0.299 e. The lowest BCUT2D eigenvalue weighted by atomic mass is 10.3. The molecule has 1 aliphatic carbocycles. The van der Waals surface area contributed by atoms with E-state index >= 15 is 0 Å². The van der Waals surface area contributed by atoms with Gasteiger partial charge in [-0.3, -0.25) is 4.90 Å². The van der Waals surface area contributed by atoms with Crippen LogP contribution in [0.5, 0.6) is 0 Å². The number of hydrogen-bond acceptors (Lipinski definition) is 1. The molecular formula is C8H13BrF3N. The number of alkyl halides is 4. The molecule has 0 amide bonds. The highest BCUT2D eigenvalue weighted by molar-refractivity contribution is 9.09. The van der Waals surface area contributed by atoms with Crippen LogP contribution in [0.15, 0.2) is 0 Å². The van der Waals surface area contributed by atoms with E-state index in [-0.39, 0.29) is 6.54 Å². The normalized spacial score (nSPS) is 20.8. The number of nitrogens with zero attached hydrogens (tertiary/aromatic N) is 1. The maximum Gasteiger partial charge on any atom is 0.402 e. The second-order valence-corrected chi connectivity index (χ2v) is 4.43. The molecule has 0 radical (unpaired) electrons. The summed E-state index contributed by atoms with van der Waals surface area (Å²) in [4.78, 5) is 0.493. The maximum absolute atomic E-state index is 12.2. The molecule has 0 heterocycles. The van der Waals surface area contributed by atoms with Crippen molar-refractivity contribution in [2.75, 3.05) is 13.1 Å². The van der Waals surface area contributed by atoms with Crippen molar-refractivity contribution in [2.24, 2.45) is 0 Å². The SMILES string of the molecule is CCN(CC(Br)C(F)(F)F)C1CC1. The molecule has 1 rings (SSSR count). The molecule has 0 aromatic rings. The third kappa shape index (κ3) is 3.46. The molecule has 1 atom stereocenters. The molecule has 1 nitrogen and oxygen atoms in total. The molecule has 13 heavy (non-hydrogen) atoms. The predicted molar refractivity (Wildman–Crippen MR) is 49.0 cm³/mol. The minimum atomic E-state index is -4.12. The summed E-state index contributed by atoms with van der Waals surface area (Å²) in [7, 11) is 0. The molecule has 0 aromatic heterocycles. The van der Waals surface area contributed by atoms with Gasteiger partial charge in [-0.2, -0.15) is 13.2 Å². The Balaban J connectivity index is 2.36. The monoisotopic (exact) mass is 259 g/mol. The van der Waals surface area contributed by atoms with Crippen LogP contribution >= 0.6 is 15.9 Å². The van der Waals surface area contributed by atoms with Crippen LogP contribution in [0.4, 0.5) is 13.2 Å². The van der Waals surface area contributed by atoms with Crippen LogP contribution in [0.2, 0.25) is 0 Å². The predicted octanol–water partition coefficient (Wildman–Crippen LogP) is 2.80. The van der Waals surface area contributed by atoms with Gasteiger partial charge in [0.05, 0.1) is 0 Å². The Hall–Kier alpha value is 0.230. The van der Waals surface area contributed by atoms with Crippen molar-refractivity contribution >= 4 is 15.9 Å². The molecule has 1 fully saturated rings. The average Bonchev–Trinajstić information content (AvgIpc) is 2.80. The van der Waals surface area contributed by atoms with Crippen molar-refractivity contribution < 1.29 is 13.2 Å². The highest BCUT2D eigenvalue weighted by atomic mass is 79.9. The third-order valence-electron chi connectivity index (χ3n) is 2.22. The number of halogens is 4. The van der Waals surface area contributed by atoms with Crippen LogP contribution in [0, 0.1) is 0 Å². The quantitative estimate of drug-likeness (QED) is 0.702. The third-order valence-corrected chi connectivity index (χ3v) is 3.03. The summed E-state index contributed by atoms with van der Waals surface area (Å²) in [6.45, 7) is 2.67. The first-order chi connectivity index (χ1) is 5.95. The van der Waals surface area contributed by atoms with E-state index in [9.17, 15) is 13.2 Å². The molecule has 0 spiro atoms. The summed E-state index contributed by atoms with van der Waals surface area (Å²) in [6, 6.07) is 0.396. The van der Waals surface area contributed by atoms with Crippen molar-refractivity contribution in [1.29, 1.82) is 0 Å². The molecule has 5 heteroatoms. The summed E-state index contributed by atoms with van der Waals surface area (Å²) in [5.41, 5.74) is 0. The van der Waals surface area contributed by atoms with E-state index in [1.54, 1.807) is 0 Å². The molecule has 0 N–H and O–H groups in total. The maximum atomic E-state index is 12.2. The van der Waals surface area contributed by atoms with Gasteiger partial charge in [-0.25, -0.2) is 0 Å². The fourth-order valence-electron chi connectivity index (χ4n) is 1.29. The summed E-state index contributed by atoms with van der Waals surface area (Å²) < 4.78 is 36.5. The fourth-order valence-corrected chi connectivity index (χ4v) is 1.66. The van der Waals surface area contributed by atoms with Gasteiger partial charge < -0.3 is 0 Å². The average molecular weight is 260 g/mol. The summed E-state index contributed by atoms with van der Waals surface area (Å²) in [6.07, 6.45) is -2.03. The second kappa shape index (κ2) is 4.17. The summed E-state index contributed by atoms with van der Waals surface area (Å²) in [5, 5.41) is 0. The van der Waals surface area contributed by atoms with E-state index in [2.05, 4.69) is 15.9 Å². The van der Waals surface area contributed by atoms with Crippen LogP contribution in [0.25, 0.3) is 0 Å². The summed E-state index contributed by atoms with van der Waals surface area (Å²) >= 11 is 2.67. The Labute approximate surface area is 84.4 Å². The Kier molecular flexibility index (Phi) is 3.63. The minimum Gasteiger partial charge on any atom is -0.299 e. The largest absolute Gasteiger partial charge is 0.402 e. The Morgan fingerprint density at radius 3 is 2.31 bits per heavy atom. The van der Waals surface area contributed by atoms with E-state index in [0.29, 0.717) is 12.6 Å². The number of rotatable bonds is 4. The molecule has 0 bridgehead atoms. The number of hydrogen-bond donors (Lipinski definition) is 0. The molecule has 78 valence electrons. The van der Waals surface area contributed by atoms with E-state index in [1.165, 1.54) is 0 Å². The lowest BCUT2D eigenvalue weighted by Crippen LogP contribution is -2.38. The van der Waals surface area contributed by atoms with Crippen molar-refractivity contribution in [1.82, 2.24) is 4.90 Å². The molecular weight excluding hydrogens is 247 g/mol. The Morgan fingerprint density at radius 2 is 2.00 bits per heavy atom. The van der Waals surface area contributed by atoms with Gasteiger partial charge in [-0.15, -0.1) is 0 Å². The van der Waals surface area contributed by atoms with Crippen molar-refractivity contribution in [3.05, 3.63) is 0 Å². The Morgan fingerprint density at radius 1 is 1.46 bits per heavy atom. The van der Waals surface area contributed by atoms with Gasteiger partial charge in [0.1, 0.15) is 4.83 Å². The van der Waals surface area contributed by atoms with Gasteiger partial charge in [0.2, 0.25) is 0 Å². The fraction of sp³-hybridized carbons (Fsp3) is 1.00. The zero-order chi connectivity index (χ0) is 10.1. The summed E-state index contributed by atoms with van der Waals surface area (Å²) in [5.74, 6) is 0. The van der Waals surface area contributed by atoms with Crippen LogP contribution in [-0.4, -0.2) is 35.0 Å². The molecule has 0 aromatic carbocycles. The van der Waals surface area contributed by atoms with Crippen molar-refractivity contribution in [2.45, 2.75) is 36.8 Å². The van der Waals surface area contributed by atoms with Gasteiger partial charge in [0, 0.05) is 12.6 Å². The van der Waals surface area contributed by atoms with Crippen molar-refractivity contribution in [3.8, 4) is 0 Å². The first-order valence-electron chi connectivity index (χ1n) is 4.40. The van der Waals surface area contributed by atoms with E-state index < -0.39 is 11.0 Å². The molecule has 0 saturated heterocycles. The minimum absolute atomic E-state index is 0.0741. The van der Waals surface area contributed by atoms with Crippen LogP contribution < -0.4 is 0 Å². The van der Waals surface area contributed by atoms with E-state index in [0.717, 1.165) is 12.8 Å². The molecule has 1 saturated carbocycles. The zero-order valence-corrected chi connectivity index (χ0v) is 9.03. The standard InChI is InChI=1S/C8H13BrF3N/c1-2-13(6-3-4-6)5-7(9)8(10,11)12/h6-7H,2-5H2,1H3. The molecule has 1 unspecified atom stereocenters. The Bertz CT molecular complexity index is 167. The van der Waals surface area contributed by atoms with Crippen LogP contribution in [-0.2, 0) is 0 Å². The van der Waals surface area contributed by atoms with Gasteiger partial charge >= 0.3 is 6.18 Å². The van der Waals surface area contributed by atoms with Crippen molar-refractivity contribution in [3.63, 3.8) is 0 Å². The first-order valence-corrected chi connectivity index (χ1v) is 5.31. The van der Waals surface area contributed by atoms with Crippen LogP contribution in [0.1, 0.15) is 19.8 Å². The molecule has 1 aliphatic rings. The lowest BCUT2D eigenvalue weighted by molar-refractivity contribution is -0.130. The van der Waals surface area contributed by atoms with Gasteiger partial charge in [0.15, 0.2) is 0 Å². The van der Waals surface area contributed by atoms with Gasteiger partial charge in [-0.1, -0.05) is 22.9 Å². The topological polar surface area (TPSA) is 3.24 Å². The first kappa shape index (κ1) is 11.3. The van der Waals surface area contributed by atoms with E-state index in [4.69, 9.17) is 0 Å². The highest BCUT2D eigenvalue weighted by Crippen LogP contribution is 2.31. The van der Waals surface area contributed by atoms with E-state index in [1.807, 2.05) is 11.8 Å². The molecule has 0 aliphatic heterocycles. The van der Waals surface area contributed by atoms with Gasteiger partial charge in [-0.05, 0) is 19.4 Å². The second-order valence-electron chi connectivity index (χ2n) is 3.33. The van der Waals surface area contributed by atoms with Crippen LogP contribution in [0.3, 0.4) is 0 Å². The van der Waals surface area contributed by atoms with Gasteiger partial charge in [0.25, 0.3) is 0 Å². The zero-order valence-electron chi connectivity index (χ0n) is 7.44. The highest BCUT2D eigenvalue weighted by Gasteiger charge is 2.40. The lowest BCUT2D eigenvalue weighted by Gasteiger charge is -2.24.